The van der Waals surface area contributed by atoms with Crippen molar-refractivity contribution in [2.45, 2.75) is 41.5 Å². The largest absolute Gasteiger partial charge is 0.149 e. The first-order chi connectivity index (χ1) is 9.86. The van der Waals surface area contributed by atoms with Gasteiger partial charge in [-0.15, -0.1) is 34.0 Å². The summed E-state index contributed by atoms with van der Waals surface area (Å²) in [7, 11) is 0. The van der Waals surface area contributed by atoms with Crippen LogP contribution in [0.4, 0.5) is 0 Å². The Morgan fingerprint density at radius 2 is 0.952 bits per heavy atom. The zero-order valence-corrected chi connectivity index (χ0v) is 16.1. The number of hydrogen-bond donors (Lipinski definition) is 0. The Bertz CT molecular complexity index is 500. The molecule has 0 atom stereocenters. The Morgan fingerprint density at radius 3 is 1.05 bits per heavy atom. The summed E-state index contributed by atoms with van der Waals surface area (Å²) in [5, 5.41) is 4.32. The van der Waals surface area contributed by atoms with E-state index in [0.29, 0.717) is 0 Å². The van der Waals surface area contributed by atoms with Crippen LogP contribution >= 0.6 is 34.0 Å². The van der Waals surface area contributed by atoms with Gasteiger partial charge in [0.2, 0.25) is 0 Å². The minimum Gasteiger partial charge on any atom is -0.149 e. The molecule has 3 heteroatoms. The first-order valence-corrected chi connectivity index (χ1v) is 9.51. The Labute approximate surface area is 141 Å². The highest BCUT2D eigenvalue weighted by Crippen LogP contribution is 2.12. The van der Waals surface area contributed by atoms with Crippen molar-refractivity contribution in [2.75, 3.05) is 0 Å². The van der Waals surface area contributed by atoms with E-state index in [2.05, 4.69) is 76.6 Å². The summed E-state index contributed by atoms with van der Waals surface area (Å²) in [6, 6.07) is 8.65. The van der Waals surface area contributed by atoms with Crippen LogP contribution in [0.15, 0.2) is 35.0 Å². The van der Waals surface area contributed by atoms with Crippen molar-refractivity contribution in [3.63, 3.8) is 0 Å². The molecule has 3 aromatic rings. The lowest BCUT2D eigenvalue weighted by molar-refractivity contribution is 1.51. The molecule has 0 aliphatic carbocycles. The fraction of sp³-hybridized carbons (Fsp3) is 0.333. The van der Waals surface area contributed by atoms with Crippen LogP contribution in [0.1, 0.15) is 30.6 Å². The van der Waals surface area contributed by atoms with Crippen LogP contribution in [0, 0.1) is 41.5 Å². The molecule has 0 saturated carbocycles. The second-order valence-corrected chi connectivity index (χ2v) is 8.85. The fourth-order valence-electron chi connectivity index (χ4n) is 1.71. The van der Waals surface area contributed by atoms with E-state index < -0.39 is 0 Å². The van der Waals surface area contributed by atoms with Crippen molar-refractivity contribution in [3.8, 4) is 0 Å². The molecule has 0 aromatic carbocycles. The van der Waals surface area contributed by atoms with Crippen LogP contribution in [0.2, 0.25) is 0 Å². The SMILES string of the molecule is Cc1ccc(C)s1.Cc1csc(C)c1.Cc1csc(C)c1. The maximum atomic E-state index is 2.19. The Morgan fingerprint density at radius 1 is 0.571 bits per heavy atom. The van der Waals surface area contributed by atoms with Gasteiger partial charge < -0.3 is 0 Å². The minimum absolute atomic E-state index is 1.38. The van der Waals surface area contributed by atoms with Gasteiger partial charge in [-0.25, -0.2) is 0 Å². The Balaban J connectivity index is 0.000000157. The molecular weight excluding hydrogens is 312 g/mol. The molecule has 0 radical (unpaired) electrons. The summed E-state index contributed by atoms with van der Waals surface area (Å²) >= 11 is 5.45. The number of thiophene rings is 3. The van der Waals surface area contributed by atoms with Gasteiger partial charge in [-0.1, -0.05) is 0 Å². The molecule has 0 aliphatic rings. The van der Waals surface area contributed by atoms with Crippen LogP contribution < -0.4 is 0 Å². The Kier molecular flexibility index (Phi) is 7.94. The summed E-state index contributed by atoms with van der Waals surface area (Å²) in [4.78, 5) is 5.60. The molecule has 0 unspecified atom stereocenters. The van der Waals surface area contributed by atoms with Crippen LogP contribution in [-0.2, 0) is 0 Å². The van der Waals surface area contributed by atoms with Crippen LogP contribution in [-0.4, -0.2) is 0 Å². The minimum atomic E-state index is 1.38. The van der Waals surface area contributed by atoms with Gasteiger partial charge in [0.1, 0.15) is 0 Å². The van der Waals surface area contributed by atoms with Gasteiger partial charge in [0, 0.05) is 19.5 Å². The third kappa shape index (κ3) is 8.20. The number of aryl methyl sites for hydroxylation is 6. The smallest absolute Gasteiger partial charge is 0.00170 e. The van der Waals surface area contributed by atoms with E-state index in [1.165, 1.54) is 30.6 Å². The summed E-state index contributed by atoms with van der Waals surface area (Å²) in [6.07, 6.45) is 0. The molecular formula is C18H24S3. The van der Waals surface area contributed by atoms with Gasteiger partial charge in [0.05, 0.1) is 0 Å². The average molecular weight is 337 g/mol. The van der Waals surface area contributed by atoms with Gasteiger partial charge in [-0.05, 0) is 87.7 Å². The molecule has 114 valence electrons. The van der Waals surface area contributed by atoms with Gasteiger partial charge in [-0.3, -0.25) is 0 Å². The van der Waals surface area contributed by atoms with Crippen LogP contribution in [0.3, 0.4) is 0 Å². The predicted molar refractivity (Wildman–Crippen MR) is 101 cm³/mol. The lowest BCUT2D eigenvalue weighted by Gasteiger charge is -1.71. The summed E-state index contributed by atoms with van der Waals surface area (Å²) < 4.78 is 0. The number of rotatable bonds is 0. The maximum Gasteiger partial charge on any atom is 0.00170 e. The van der Waals surface area contributed by atoms with Gasteiger partial charge in [-0.2, -0.15) is 0 Å². The van der Waals surface area contributed by atoms with Crippen molar-refractivity contribution in [1.29, 1.82) is 0 Å². The summed E-state index contributed by atoms with van der Waals surface area (Å²) in [5.74, 6) is 0. The third-order valence-electron chi connectivity index (χ3n) is 2.60. The molecule has 0 bridgehead atoms. The second kappa shape index (κ2) is 9.19. The fourth-order valence-corrected chi connectivity index (χ4v) is 3.87. The van der Waals surface area contributed by atoms with Gasteiger partial charge in [0.25, 0.3) is 0 Å². The normalized spacial score (nSPS) is 9.43. The predicted octanol–water partition coefficient (Wildman–Crippen LogP) is 7.09. The first kappa shape index (κ1) is 18.1. The molecule has 0 N–H and O–H groups in total. The van der Waals surface area contributed by atoms with E-state index in [4.69, 9.17) is 0 Å². The van der Waals surface area contributed by atoms with Crippen molar-refractivity contribution in [1.82, 2.24) is 0 Å². The lowest BCUT2D eigenvalue weighted by Crippen LogP contribution is -1.53. The lowest BCUT2D eigenvalue weighted by atomic mass is 10.4. The molecule has 0 nitrogen and oxygen atoms in total. The molecule has 21 heavy (non-hydrogen) atoms. The Hall–Kier alpha value is -0.900. The third-order valence-corrected chi connectivity index (χ3v) is 5.47. The molecule has 0 spiro atoms. The highest BCUT2D eigenvalue weighted by Gasteiger charge is 1.85. The quantitative estimate of drug-likeness (QED) is 0.411. The molecule has 0 saturated heterocycles. The van der Waals surface area contributed by atoms with Gasteiger partial charge in [0.15, 0.2) is 0 Å². The van der Waals surface area contributed by atoms with Crippen molar-refractivity contribution in [3.05, 3.63) is 65.7 Å². The number of hydrogen-bond acceptors (Lipinski definition) is 3. The van der Waals surface area contributed by atoms with E-state index in [1.807, 2.05) is 11.3 Å². The topological polar surface area (TPSA) is 0 Å². The molecule has 0 fully saturated rings. The molecule has 3 heterocycles. The van der Waals surface area contributed by atoms with E-state index in [1.54, 1.807) is 22.7 Å². The standard InChI is InChI=1S/3C6H8S/c2*1-5-3-6(2)7-4-5;1-5-3-4-6(2)7-5/h3*3-4H,1-2H3. The van der Waals surface area contributed by atoms with Crippen molar-refractivity contribution >= 4 is 34.0 Å². The highest BCUT2D eigenvalue weighted by atomic mass is 32.1. The van der Waals surface area contributed by atoms with E-state index in [9.17, 15) is 0 Å². The molecule has 3 aromatic heterocycles. The van der Waals surface area contributed by atoms with Crippen LogP contribution in [0.5, 0.6) is 0 Å². The average Bonchev–Trinajstić information content (AvgIpc) is 3.06. The highest BCUT2D eigenvalue weighted by molar-refractivity contribution is 7.11. The van der Waals surface area contributed by atoms with E-state index >= 15 is 0 Å². The molecule has 3 rings (SSSR count). The summed E-state index contributed by atoms with van der Waals surface area (Å²) in [6.45, 7) is 12.7. The zero-order valence-electron chi connectivity index (χ0n) is 13.7. The monoisotopic (exact) mass is 336 g/mol. The van der Waals surface area contributed by atoms with Crippen molar-refractivity contribution in [2.24, 2.45) is 0 Å². The second-order valence-electron chi connectivity index (χ2n) is 5.13. The van der Waals surface area contributed by atoms with Gasteiger partial charge >= 0.3 is 0 Å². The van der Waals surface area contributed by atoms with Crippen LogP contribution in [0.25, 0.3) is 0 Å². The summed E-state index contributed by atoms with van der Waals surface area (Å²) in [5.41, 5.74) is 2.75. The van der Waals surface area contributed by atoms with Crippen molar-refractivity contribution < 1.29 is 0 Å². The van der Waals surface area contributed by atoms with E-state index in [0.717, 1.165) is 0 Å². The molecule has 0 amide bonds. The molecule has 0 aliphatic heterocycles. The zero-order chi connectivity index (χ0) is 15.8. The maximum absolute atomic E-state index is 2.19. The first-order valence-electron chi connectivity index (χ1n) is 6.93. The van der Waals surface area contributed by atoms with E-state index in [-0.39, 0.29) is 0 Å².